The zero-order chi connectivity index (χ0) is 22.2. The van der Waals surface area contributed by atoms with E-state index in [-0.39, 0.29) is 23.3 Å². The first-order valence-corrected chi connectivity index (χ1v) is 10.6. The van der Waals surface area contributed by atoms with Crippen LogP contribution in [-0.2, 0) is 7.05 Å². The molecule has 4 aromatic rings. The van der Waals surface area contributed by atoms with Crippen molar-refractivity contribution in [3.8, 4) is 11.3 Å². The Bertz CT molecular complexity index is 1360. The summed E-state index contributed by atoms with van der Waals surface area (Å²) in [5, 5.41) is 5.01. The fraction of sp³-hybridized carbons (Fsp3) is 0.250. The number of para-hydroxylation sites is 1. The predicted octanol–water partition coefficient (Wildman–Crippen LogP) is 3.41. The zero-order valence-corrected chi connectivity index (χ0v) is 17.6. The minimum absolute atomic E-state index is 0.0889. The van der Waals surface area contributed by atoms with E-state index in [9.17, 15) is 14.0 Å². The number of benzene rings is 2. The molecule has 0 N–H and O–H groups in total. The molecule has 2 aromatic heterocycles. The largest absolute Gasteiger partial charge is 0.335 e. The van der Waals surface area contributed by atoms with E-state index in [1.165, 1.54) is 12.1 Å². The molecule has 0 saturated carbocycles. The van der Waals surface area contributed by atoms with Gasteiger partial charge in [-0.15, -0.1) is 0 Å². The van der Waals surface area contributed by atoms with Gasteiger partial charge in [-0.05, 0) is 55.3 Å². The van der Waals surface area contributed by atoms with Crippen molar-refractivity contribution < 1.29 is 9.18 Å². The van der Waals surface area contributed by atoms with Crippen LogP contribution < -0.4 is 5.56 Å². The lowest BCUT2D eigenvalue weighted by Crippen LogP contribution is -2.43. The number of hydrogen-bond donors (Lipinski definition) is 0. The summed E-state index contributed by atoms with van der Waals surface area (Å²) < 4.78 is 16.4. The van der Waals surface area contributed by atoms with Crippen LogP contribution in [0.3, 0.4) is 0 Å². The van der Waals surface area contributed by atoms with Crippen LogP contribution in [0.15, 0.2) is 65.7 Å². The summed E-state index contributed by atoms with van der Waals surface area (Å²) in [6.07, 6.45) is 3.17. The van der Waals surface area contributed by atoms with Gasteiger partial charge in [0.15, 0.2) is 0 Å². The van der Waals surface area contributed by atoms with Gasteiger partial charge in [-0.3, -0.25) is 18.8 Å². The summed E-state index contributed by atoms with van der Waals surface area (Å²) in [6, 6.07) is 14.9. The lowest BCUT2D eigenvalue weighted by atomic mass is 10.0. The number of likely N-dealkylation sites (tertiary alicyclic amines) is 1. The Hall–Kier alpha value is -3.81. The van der Waals surface area contributed by atoms with Crippen LogP contribution in [0.1, 0.15) is 29.4 Å². The van der Waals surface area contributed by atoms with Crippen LogP contribution in [0.4, 0.5) is 4.39 Å². The van der Waals surface area contributed by atoms with Gasteiger partial charge >= 0.3 is 0 Å². The Morgan fingerprint density at radius 2 is 1.91 bits per heavy atom. The maximum Gasteiger partial charge on any atom is 0.272 e. The molecule has 0 spiro atoms. The normalized spacial score (nSPS) is 16.4. The predicted molar refractivity (Wildman–Crippen MR) is 119 cm³/mol. The molecule has 1 amide bonds. The molecule has 32 heavy (non-hydrogen) atoms. The molecule has 0 bridgehead atoms. The summed E-state index contributed by atoms with van der Waals surface area (Å²) in [4.78, 5) is 32.5. The van der Waals surface area contributed by atoms with Crippen LogP contribution in [0.5, 0.6) is 0 Å². The molecule has 2 aromatic carbocycles. The number of halogens is 1. The van der Waals surface area contributed by atoms with Crippen molar-refractivity contribution in [1.29, 1.82) is 0 Å². The average molecular weight is 431 g/mol. The van der Waals surface area contributed by atoms with E-state index in [4.69, 9.17) is 0 Å². The van der Waals surface area contributed by atoms with Crippen molar-refractivity contribution in [2.24, 2.45) is 7.05 Å². The second kappa shape index (κ2) is 8.03. The number of nitrogens with zero attached hydrogens (tertiary/aromatic N) is 5. The summed E-state index contributed by atoms with van der Waals surface area (Å²) >= 11 is 0. The fourth-order valence-electron chi connectivity index (χ4n) is 4.30. The number of carbonyl (C=O) groups excluding carboxylic acids is 1. The number of piperidine rings is 1. The molecule has 0 aliphatic carbocycles. The highest BCUT2D eigenvalue weighted by atomic mass is 19.1. The summed E-state index contributed by atoms with van der Waals surface area (Å²) in [5.74, 6) is -0.460. The molecular formula is C24H22FN5O2. The molecule has 1 saturated heterocycles. The van der Waals surface area contributed by atoms with Gasteiger partial charge in [-0.1, -0.05) is 12.1 Å². The van der Waals surface area contributed by atoms with Gasteiger partial charge < -0.3 is 4.90 Å². The minimum Gasteiger partial charge on any atom is -0.335 e. The Morgan fingerprint density at radius 3 is 2.72 bits per heavy atom. The number of carbonyl (C=O) groups is 1. The quantitative estimate of drug-likeness (QED) is 0.498. The Labute approximate surface area is 183 Å². The number of aromatic nitrogens is 4. The number of aryl methyl sites for hydroxylation is 1. The van der Waals surface area contributed by atoms with Gasteiger partial charge in [-0.2, -0.15) is 5.10 Å². The Morgan fingerprint density at radius 1 is 1.12 bits per heavy atom. The SMILES string of the molecule is Cn1nc(-c2ccc(F)cc2)cc1C(=O)N1CCC[C@H](n2cnc3ccccc3c2=O)C1. The highest BCUT2D eigenvalue weighted by Gasteiger charge is 2.28. The number of hydrogen-bond acceptors (Lipinski definition) is 4. The van der Waals surface area contributed by atoms with Gasteiger partial charge in [0.1, 0.15) is 11.5 Å². The Kier molecular flexibility index (Phi) is 5.05. The smallest absolute Gasteiger partial charge is 0.272 e. The molecule has 1 aliphatic heterocycles. The van der Waals surface area contributed by atoms with E-state index in [1.807, 2.05) is 18.2 Å². The first-order chi connectivity index (χ1) is 15.5. The average Bonchev–Trinajstić information content (AvgIpc) is 3.21. The van der Waals surface area contributed by atoms with E-state index in [0.717, 1.165) is 18.4 Å². The van der Waals surface area contributed by atoms with Crippen molar-refractivity contribution in [3.63, 3.8) is 0 Å². The van der Waals surface area contributed by atoms with Crippen LogP contribution in [0, 0.1) is 5.82 Å². The maximum absolute atomic E-state index is 13.3. The van der Waals surface area contributed by atoms with Crippen molar-refractivity contribution >= 4 is 16.8 Å². The molecule has 1 fully saturated rings. The second-order valence-electron chi connectivity index (χ2n) is 8.07. The van der Waals surface area contributed by atoms with Gasteiger partial charge in [0.25, 0.3) is 11.5 Å². The molecule has 7 nitrogen and oxygen atoms in total. The molecule has 1 atom stereocenters. The van der Waals surface area contributed by atoms with E-state index in [0.29, 0.717) is 35.4 Å². The van der Waals surface area contributed by atoms with E-state index in [2.05, 4.69) is 10.1 Å². The molecular weight excluding hydrogens is 409 g/mol. The van der Waals surface area contributed by atoms with Crippen molar-refractivity contribution in [2.45, 2.75) is 18.9 Å². The first-order valence-electron chi connectivity index (χ1n) is 10.6. The van der Waals surface area contributed by atoms with Gasteiger partial charge in [-0.25, -0.2) is 9.37 Å². The topological polar surface area (TPSA) is 73.0 Å². The second-order valence-corrected chi connectivity index (χ2v) is 8.07. The summed E-state index contributed by atoms with van der Waals surface area (Å²) in [5.41, 5.74) is 2.38. The standard InChI is InChI=1S/C24H22FN5O2/c1-28-22(13-21(27-28)16-8-10-17(25)11-9-16)24(32)29-12-4-5-18(14-29)30-15-26-20-7-3-2-6-19(20)23(30)31/h2-3,6-11,13,15,18H,4-5,12,14H2,1H3/t18-/m0/s1. The lowest BCUT2D eigenvalue weighted by Gasteiger charge is -2.33. The zero-order valence-electron chi connectivity index (χ0n) is 17.6. The third-order valence-electron chi connectivity index (χ3n) is 6.01. The van der Waals surface area contributed by atoms with Gasteiger partial charge in [0.2, 0.25) is 0 Å². The molecule has 162 valence electrons. The van der Waals surface area contributed by atoms with Crippen molar-refractivity contribution in [1.82, 2.24) is 24.2 Å². The molecule has 0 radical (unpaired) electrons. The van der Waals surface area contributed by atoms with E-state index >= 15 is 0 Å². The van der Waals surface area contributed by atoms with Crippen molar-refractivity contribution in [2.75, 3.05) is 13.1 Å². The summed E-state index contributed by atoms with van der Waals surface area (Å²) in [7, 11) is 1.72. The highest BCUT2D eigenvalue weighted by molar-refractivity contribution is 5.93. The molecule has 5 rings (SSSR count). The lowest BCUT2D eigenvalue weighted by molar-refractivity contribution is 0.0666. The van der Waals surface area contributed by atoms with Crippen LogP contribution in [-0.4, -0.2) is 43.2 Å². The fourth-order valence-corrected chi connectivity index (χ4v) is 4.30. The third kappa shape index (κ3) is 3.57. The van der Waals surface area contributed by atoms with Crippen molar-refractivity contribution in [3.05, 3.63) is 82.8 Å². The third-order valence-corrected chi connectivity index (χ3v) is 6.01. The highest BCUT2D eigenvalue weighted by Crippen LogP contribution is 2.24. The molecule has 8 heteroatoms. The summed E-state index contributed by atoms with van der Waals surface area (Å²) in [6.45, 7) is 1.04. The van der Waals surface area contributed by atoms with E-state index < -0.39 is 0 Å². The van der Waals surface area contributed by atoms with Gasteiger partial charge in [0, 0.05) is 25.7 Å². The number of rotatable bonds is 3. The number of fused-ring (bicyclic) bond motifs is 1. The molecule has 3 heterocycles. The molecule has 0 unspecified atom stereocenters. The van der Waals surface area contributed by atoms with Crippen LogP contribution in [0.25, 0.3) is 22.2 Å². The minimum atomic E-state index is -0.321. The van der Waals surface area contributed by atoms with Crippen LogP contribution >= 0.6 is 0 Å². The Balaban J connectivity index is 1.40. The maximum atomic E-state index is 13.3. The monoisotopic (exact) mass is 431 g/mol. The number of amides is 1. The van der Waals surface area contributed by atoms with E-state index in [1.54, 1.807) is 51.8 Å². The van der Waals surface area contributed by atoms with Crippen LogP contribution in [0.2, 0.25) is 0 Å². The first kappa shape index (κ1) is 20.1. The van der Waals surface area contributed by atoms with Gasteiger partial charge in [0.05, 0.1) is 29.0 Å². The molecule has 1 aliphatic rings.